The molecule has 1 aromatic carbocycles. The minimum atomic E-state index is -1.19. The van der Waals surface area contributed by atoms with Gasteiger partial charge >= 0.3 is 5.97 Å². The van der Waals surface area contributed by atoms with Crippen molar-refractivity contribution in [1.29, 1.82) is 0 Å². The molecular weight excluding hydrogens is 286 g/mol. The van der Waals surface area contributed by atoms with Crippen molar-refractivity contribution < 1.29 is 19.5 Å². The molecule has 0 fully saturated rings. The number of hydrogen-bond donors (Lipinski definition) is 2. The van der Waals surface area contributed by atoms with Crippen LogP contribution >= 0.6 is 0 Å². The second-order valence-corrected chi connectivity index (χ2v) is 4.94. The topological polar surface area (TPSA) is 106 Å². The Bertz CT molecular complexity index is 722. The van der Waals surface area contributed by atoms with Gasteiger partial charge in [-0.15, -0.1) is 0 Å². The van der Waals surface area contributed by atoms with Crippen LogP contribution in [0.4, 0.5) is 0 Å². The summed E-state index contributed by atoms with van der Waals surface area (Å²) in [4.78, 5) is 34.5. The maximum atomic E-state index is 12.0. The Kier molecular flexibility index (Phi) is 4.45. The number of fused-ring (bicyclic) bond motifs is 1. The number of hydrogen-bond acceptors (Lipinski definition) is 3. The van der Waals surface area contributed by atoms with E-state index in [9.17, 15) is 19.5 Å². The molecule has 7 heteroatoms. The fourth-order valence-electron chi connectivity index (χ4n) is 2.41. The zero-order chi connectivity index (χ0) is 16.3. The largest absolute Gasteiger partial charge is 0.480 e. The van der Waals surface area contributed by atoms with Crippen LogP contribution in [0.2, 0.25) is 0 Å². The third-order valence-electron chi connectivity index (χ3n) is 3.38. The van der Waals surface area contributed by atoms with Gasteiger partial charge in [0.25, 0.3) is 0 Å². The maximum Gasteiger partial charge on any atom is 0.328 e. The molecule has 0 saturated heterocycles. The summed E-state index contributed by atoms with van der Waals surface area (Å²) in [6.07, 6.45) is 1.48. The van der Waals surface area contributed by atoms with Gasteiger partial charge in [0.15, 0.2) is 6.04 Å². The quantitative estimate of drug-likeness (QED) is 0.825. The van der Waals surface area contributed by atoms with E-state index in [1.165, 1.54) is 11.6 Å². The van der Waals surface area contributed by atoms with Crippen molar-refractivity contribution in [2.45, 2.75) is 25.8 Å². The monoisotopic (exact) mass is 303 g/mol. The smallest absolute Gasteiger partial charge is 0.328 e. The van der Waals surface area contributed by atoms with Gasteiger partial charge in [0.2, 0.25) is 11.8 Å². The fraction of sp³-hybridized carbons (Fsp3) is 0.267. The third-order valence-corrected chi connectivity index (χ3v) is 3.38. The number of nitrogens with zero attached hydrogens (tertiary/aromatic N) is 2. The summed E-state index contributed by atoms with van der Waals surface area (Å²) < 4.78 is 1.50. The highest BCUT2D eigenvalue weighted by molar-refractivity contribution is 5.93. The Labute approximate surface area is 126 Å². The SMILES string of the molecule is CC(=O)N([C@@H](CCC(N)=O)C(=O)O)n1ccc2ccccc21. The molecule has 2 amide bonds. The Hall–Kier alpha value is -2.83. The van der Waals surface area contributed by atoms with Gasteiger partial charge in [-0.05, 0) is 18.6 Å². The van der Waals surface area contributed by atoms with Gasteiger partial charge in [-0.1, -0.05) is 18.2 Å². The normalized spacial score (nSPS) is 12.0. The number of carboxylic acids is 1. The Morgan fingerprint density at radius 1 is 1.27 bits per heavy atom. The van der Waals surface area contributed by atoms with Gasteiger partial charge in [0.1, 0.15) is 0 Å². The Morgan fingerprint density at radius 3 is 2.55 bits per heavy atom. The minimum absolute atomic E-state index is 0.0449. The number of carbonyl (C=O) groups excluding carboxylic acids is 2. The predicted octanol–water partition coefficient (Wildman–Crippen LogP) is 0.845. The highest BCUT2D eigenvalue weighted by Crippen LogP contribution is 2.18. The van der Waals surface area contributed by atoms with Crippen molar-refractivity contribution in [1.82, 2.24) is 4.68 Å². The molecule has 0 spiro atoms. The maximum absolute atomic E-state index is 12.0. The lowest BCUT2D eigenvalue weighted by Gasteiger charge is -2.29. The summed E-state index contributed by atoms with van der Waals surface area (Å²) in [7, 11) is 0. The molecule has 7 nitrogen and oxygen atoms in total. The molecule has 0 unspecified atom stereocenters. The number of carboxylic acid groups (broad SMARTS) is 1. The van der Waals surface area contributed by atoms with E-state index >= 15 is 0 Å². The highest BCUT2D eigenvalue weighted by atomic mass is 16.4. The zero-order valence-electron chi connectivity index (χ0n) is 12.1. The van der Waals surface area contributed by atoms with Crippen LogP contribution < -0.4 is 10.7 Å². The average molecular weight is 303 g/mol. The first-order chi connectivity index (χ1) is 10.4. The molecule has 22 heavy (non-hydrogen) atoms. The number of aliphatic carboxylic acids is 1. The Balaban J connectivity index is 2.45. The molecule has 1 aromatic heterocycles. The van der Waals surface area contributed by atoms with Crippen molar-refractivity contribution in [3.63, 3.8) is 0 Å². The lowest BCUT2D eigenvalue weighted by Crippen LogP contribution is -2.51. The van der Waals surface area contributed by atoms with E-state index in [4.69, 9.17) is 5.73 Å². The number of amides is 2. The number of benzene rings is 1. The van der Waals surface area contributed by atoms with Gasteiger partial charge in [-0.2, -0.15) is 0 Å². The fourth-order valence-corrected chi connectivity index (χ4v) is 2.41. The molecular formula is C15H17N3O4. The van der Waals surface area contributed by atoms with Crippen LogP contribution in [0.1, 0.15) is 19.8 Å². The average Bonchev–Trinajstić information content (AvgIpc) is 2.86. The molecule has 1 heterocycles. The van der Waals surface area contributed by atoms with Gasteiger partial charge in [-0.25, -0.2) is 9.80 Å². The lowest BCUT2D eigenvalue weighted by atomic mass is 10.1. The summed E-state index contributed by atoms with van der Waals surface area (Å²) in [6.45, 7) is 1.29. The summed E-state index contributed by atoms with van der Waals surface area (Å²) in [6, 6.07) is 7.93. The van der Waals surface area contributed by atoms with Crippen molar-refractivity contribution in [2.75, 3.05) is 5.01 Å². The predicted molar refractivity (Wildman–Crippen MR) is 80.7 cm³/mol. The van der Waals surface area contributed by atoms with E-state index in [2.05, 4.69) is 0 Å². The van der Waals surface area contributed by atoms with Crippen molar-refractivity contribution >= 4 is 28.7 Å². The molecule has 2 rings (SSSR count). The third kappa shape index (κ3) is 3.08. The first kappa shape index (κ1) is 15.6. The van der Waals surface area contributed by atoms with E-state index in [0.29, 0.717) is 5.52 Å². The molecule has 3 N–H and O–H groups in total. The first-order valence-corrected chi connectivity index (χ1v) is 6.79. The molecule has 0 saturated carbocycles. The summed E-state index contributed by atoms with van der Waals surface area (Å²) in [5.41, 5.74) is 5.80. The van der Waals surface area contributed by atoms with Crippen LogP contribution in [0.15, 0.2) is 36.5 Å². The van der Waals surface area contributed by atoms with Crippen LogP contribution in [0.25, 0.3) is 10.9 Å². The van der Waals surface area contributed by atoms with E-state index in [1.807, 2.05) is 12.1 Å². The summed E-state index contributed by atoms with van der Waals surface area (Å²) >= 11 is 0. The first-order valence-electron chi connectivity index (χ1n) is 6.79. The van der Waals surface area contributed by atoms with Gasteiger partial charge in [0, 0.05) is 24.9 Å². The molecule has 0 aliphatic heterocycles. The number of rotatable bonds is 6. The Morgan fingerprint density at radius 2 is 1.95 bits per heavy atom. The highest BCUT2D eigenvalue weighted by Gasteiger charge is 2.30. The summed E-state index contributed by atoms with van der Waals surface area (Å²) in [5, 5.41) is 11.4. The lowest BCUT2D eigenvalue weighted by molar-refractivity contribution is -0.141. The number of nitrogens with two attached hydrogens (primary N) is 1. The number of primary amides is 1. The van der Waals surface area contributed by atoms with Crippen molar-refractivity contribution in [3.8, 4) is 0 Å². The molecule has 116 valence electrons. The van der Waals surface area contributed by atoms with Crippen molar-refractivity contribution in [3.05, 3.63) is 36.5 Å². The molecule has 2 aromatic rings. The van der Waals surface area contributed by atoms with E-state index < -0.39 is 23.8 Å². The molecule has 0 aliphatic carbocycles. The van der Waals surface area contributed by atoms with Gasteiger partial charge in [0.05, 0.1) is 5.52 Å². The molecule has 0 bridgehead atoms. The summed E-state index contributed by atoms with van der Waals surface area (Å²) in [5.74, 6) is -2.22. The molecule has 1 atom stereocenters. The zero-order valence-corrected chi connectivity index (χ0v) is 12.1. The van der Waals surface area contributed by atoms with Crippen LogP contribution in [0.3, 0.4) is 0 Å². The van der Waals surface area contributed by atoms with E-state index in [-0.39, 0.29) is 12.8 Å². The standard InChI is InChI=1S/C15H17N3O4/c1-10(19)18(13(15(21)22)6-7-14(16)20)17-9-8-11-4-2-3-5-12(11)17/h2-5,8-9,13H,6-7H2,1H3,(H2,16,20)(H,21,22)/t13-/m0/s1. The number of aromatic nitrogens is 1. The van der Waals surface area contributed by atoms with Crippen LogP contribution in [0, 0.1) is 0 Å². The van der Waals surface area contributed by atoms with E-state index in [1.54, 1.807) is 24.4 Å². The van der Waals surface area contributed by atoms with Crippen LogP contribution in [-0.2, 0) is 14.4 Å². The van der Waals surface area contributed by atoms with Gasteiger partial charge in [-0.3, -0.25) is 14.3 Å². The van der Waals surface area contributed by atoms with E-state index in [0.717, 1.165) is 10.4 Å². The second-order valence-electron chi connectivity index (χ2n) is 4.94. The number of para-hydroxylation sites is 1. The van der Waals surface area contributed by atoms with Crippen molar-refractivity contribution in [2.24, 2.45) is 5.73 Å². The molecule has 0 aliphatic rings. The second kappa shape index (κ2) is 6.30. The van der Waals surface area contributed by atoms with Crippen LogP contribution in [-0.4, -0.2) is 33.6 Å². The van der Waals surface area contributed by atoms with Crippen LogP contribution in [0.5, 0.6) is 0 Å². The number of carbonyl (C=O) groups is 3. The minimum Gasteiger partial charge on any atom is -0.480 e. The molecule has 0 radical (unpaired) electrons. The van der Waals surface area contributed by atoms with Gasteiger partial charge < -0.3 is 10.8 Å².